The van der Waals surface area contributed by atoms with E-state index in [-0.39, 0.29) is 36.5 Å². The third kappa shape index (κ3) is 2.16. The molecule has 1 saturated carbocycles. The second kappa shape index (κ2) is 5.39. The zero-order valence-electron chi connectivity index (χ0n) is 15.5. The number of carbonyl (C=O) groups excluding carboxylic acids is 3. The van der Waals surface area contributed by atoms with E-state index in [1.54, 1.807) is 6.08 Å². The molecule has 26 heavy (non-hydrogen) atoms. The fourth-order valence-electron chi connectivity index (χ4n) is 4.94. The molecule has 2 heterocycles. The maximum absolute atomic E-state index is 12.9. The summed E-state index contributed by atoms with van der Waals surface area (Å²) in [4.78, 5) is 35.6. The van der Waals surface area contributed by atoms with Crippen molar-refractivity contribution < 1.29 is 33.3 Å². The van der Waals surface area contributed by atoms with Gasteiger partial charge in [-0.2, -0.15) is 0 Å². The number of rotatable bonds is 4. The Morgan fingerprint density at radius 2 is 2.00 bits per heavy atom. The lowest BCUT2D eigenvalue weighted by atomic mass is 9.56. The second-order valence-corrected chi connectivity index (χ2v) is 8.09. The molecule has 6 unspecified atom stereocenters. The van der Waals surface area contributed by atoms with Crippen molar-refractivity contribution in [2.45, 2.75) is 63.9 Å². The van der Waals surface area contributed by atoms with Crippen LogP contribution in [0.25, 0.3) is 0 Å². The molecule has 2 aliphatic carbocycles. The largest absolute Gasteiger partial charge is 0.463 e. The quantitative estimate of drug-likeness (QED) is 0.549. The van der Waals surface area contributed by atoms with Crippen LogP contribution in [0.2, 0.25) is 0 Å². The number of ether oxygens (including phenoxy) is 4. The zero-order valence-corrected chi connectivity index (χ0v) is 15.5. The monoisotopic (exact) mass is 364 g/mol. The summed E-state index contributed by atoms with van der Waals surface area (Å²) in [6.07, 6.45) is 2.49. The summed E-state index contributed by atoms with van der Waals surface area (Å²) in [5, 5.41) is 0. The number of hydrogen-bond acceptors (Lipinski definition) is 7. The van der Waals surface area contributed by atoms with Gasteiger partial charge in [0.1, 0.15) is 18.8 Å². The van der Waals surface area contributed by atoms with Crippen molar-refractivity contribution in [3.05, 3.63) is 11.6 Å². The summed E-state index contributed by atoms with van der Waals surface area (Å²) in [7, 11) is 0. The molecule has 7 nitrogen and oxygen atoms in total. The van der Waals surface area contributed by atoms with Crippen molar-refractivity contribution in [1.29, 1.82) is 0 Å². The van der Waals surface area contributed by atoms with Crippen LogP contribution in [0, 0.1) is 11.3 Å². The third-order valence-electron chi connectivity index (χ3n) is 6.72. The Balaban J connectivity index is 1.66. The Labute approximate surface area is 152 Å². The summed E-state index contributed by atoms with van der Waals surface area (Å²) in [5.41, 5.74) is -1.39. The predicted molar refractivity (Wildman–Crippen MR) is 88.1 cm³/mol. The highest BCUT2D eigenvalue weighted by molar-refractivity contribution is 6.04. The minimum atomic E-state index is -1.10. The Bertz CT molecular complexity index is 721. The van der Waals surface area contributed by atoms with Gasteiger partial charge in [0.2, 0.25) is 0 Å². The van der Waals surface area contributed by atoms with E-state index in [1.807, 2.05) is 6.92 Å². The lowest BCUT2D eigenvalue weighted by Crippen LogP contribution is -2.56. The van der Waals surface area contributed by atoms with E-state index in [0.29, 0.717) is 19.4 Å². The second-order valence-electron chi connectivity index (χ2n) is 8.09. The Morgan fingerprint density at radius 3 is 2.58 bits per heavy atom. The standard InChI is InChI=1S/C19H24O7/c1-10-14(25-12(3)21)6-5-13-7-15(22)19(16(26-19)17(10,13)4)18(9-24-18)8-23-11(2)20/h7,10,14,16H,5-6,8-9H2,1-4H3. The van der Waals surface area contributed by atoms with Crippen molar-refractivity contribution in [1.82, 2.24) is 0 Å². The van der Waals surface area contributed by atoms with Crippen LogP contribution >= 0.6 is 0 Å². The van der Waals surface area contributed by atoms with Gasteiger partial charge >= 0.3 is 11.9 Å². The average Bonchev–Trinajstić information content (AvgIpc) is 3.44. The summed E-state index contributed by atoms with van der Waals surface area (Å²) in [6, 6.07) is 0. The van der Waals surface area contributed by atoms with E-state index in [9.17, 15) is 14.4 Å². The number of esters is 2. The van der Waals surface area contributed by atoms with Crippen molar-refractivity contribution in [3.8, 4) is 0 Å². The highest BCUT2D eigenvalue weighted by atomic mass is 16.7. The molecule has 0 spiro atoms. The number of carbonyl (C=O) groups is 3. The van der Waals surface area contributed by atoms with Crippen LogP contribution in [0.4, 0.5) is 0 Å². The van der Waals surface area contributed by atoms with Crippen molar-refractivity contribution in [3.63, 3.8) is 0 Å². The summed E-state index contributed by atoms with van der Waals surface area (Å²) >= 11 is 0. The highest BCUT2D eigenvalue weighted by Crippen LogP contribution is 2.67. The van der Waals surface area contributed by atoms with E-state index in [4.69, 9.17) is 18.9 Å². The SMILES string of the molecule is CC(=O)OCC1(C23OC2C2(C)C(=CC3=O)CCC(OC(C)=O)C2C)CO1. The van der Waals surface area contributed by atoms with Gasteiger partial charge in [-0.3, -0.25) is 14.4 Å². The van der Waals surface area contributed by atoms with E-state index < -0.39 is 22.6 Å². The molecule has 2 aliphatic heterocycles. The molecule has 3 fully saturated rings. The Morgan fingerprint density at radius 1 is 1.31 bits per heavy atom. The number of ketones is 1. The van der Waals surface area contributed by atoms with Crippen molar-refractivity contribution in [2.75, 3.05) is 13.2 Å². The molecule has 6 atom stereocenters. The van der Waals surface area contributed by atoms with Gasteiger partial charge in [0, 0.05) is 25.2 Å². The molecular weight excluding hydrogens is 340 g/mol. The van der Waals surface area contributed by atoms with Gasteiger partial charge in [0.25, 0.3) is 0 Å². The number of hydrogen-bond donors (Lipinski definition) is 0. The molecule has 0 amide bonds. The molecule has 0 aromatic heterocycles. The number of fused-ring (bicyclic) bond motifs is 3. The lowest BCUT2D eigenvalue weighted by Gasteiger charge is -2.47. The first-order chi connectivity index (χ1) is 12.2. The Hall–Kier alpha value is -1.73. The van der Waals surface area contributed by atoms with E-state index in [1.165, 1.54) is 13.8 Å². The van der Waals surface area contributed by atoms with Gasteiger partial charge in [-0.05, 0) is 18.9 Å². The van der Waals surface area contributed by atoms with Gasteiger partial charge in [-0.1, -0.05) is 19.4 Å². The maximum Gasteiger partial charge on any atom is 0.302 e. The fourth-order valence-corrected chi connectivity index (χ4v) is 4.94. The molecule has 142 valence electrons. The van der Waals surface area contributed by atoms with Crippen LogP contribution in [0.5, 0.6) is 0 Å². The summed E-state index contributed by atoms with van der Waals surface area (Å²) < 4.78 is 22.4. The topological polar surface area (TPSA) is 94.7 Å². The molecule has 2 saturated heterocycles. The smallest absolute Gasteiger partial charge is 0.302 e. The van der Waals surface area contributed by atoms with E-state index in [0.717, 1.165) is 5.57 Å². The van der Waals surface area contributed by atoms with Gasteiger partial charge in [0.15, 0.2) is 17.0 Å². The minimum Gasteiger partial charge on any atom is -0.463 e. The first kappa shape index (κ1) is 17.7. The molecule has 4 aliphatic rings. The van der Waals surface area contributed by atoms with Crippen LogP contribution in [0.3, 0.4) is 0 Å². The summed E-state index contributed by atoms with van der Waals surface area (Å²) in [5.74, 6) is -0.835. The van der Waals surface area contributed by atoms with Crippen molar-refractivity contribution in [2.24, 2.45) is 11.3 Å². The molecule has 0 bridgehead atoms. The molecule has 0 aromatic carbocycles. The first-order valence-electron chi connectivity index (χ1n) is 9.05. The molecule has 0 radical (unpaired) electrons. The van der Waals surface area contributed by atoms with Crippen molar-refractivity contribution >= 4 is 17.7 Å². The van der Waals surface area contributed by atoms with Crippen LogP contribution < -0.4 is 0 Å². The number of epoxide rings is 2. The van der Waals surface area contributed by atoms with Gasteiger partial charge in [-0.15, -0.1) is 0 Å². The van der Waals surface area contributed by atoms with Gasteiger partial charge < -0.3 is 18.9 Å². The lowest BCUT2D eigenvalue weighted by molar-refractivity contribution is -0.153. The predicted octanol–water partition coefficient (Wildman–Crippen LogP) is 1.33. The normalized spacial score (nSPS) is 45.8. The molecule has 0 aromatic rings. The van der Waals surface area contributed by atoms with Crippen LogP contribution in [-0.4, -0.2) is 54.3 Å². The first-order valence-corrected chi connectivity index (χ1v) is 9.05. The van der Waals surface area contributed by atoms with Crippen LogP contribution in [0.15, 0.2) is 11.6 Å². The third-order valence-corrected chi connectivity index (χ3v) is 6.72. The average molecular weight is 364 g/mol. The van der Waals surface area contributed by atoms with Crippen LogP contribution in [-0.2, 0) is 33.3 Å². The maximum atomic E-state index is 12.9. The van der Waals surface area contributed by atoms with E-state index >= 15 is 0 Å². The van der Waals surface area contributed by atoms with Gasteiger partial charge in [-0.25, -0.2) is 0 Å². The molecule has 4 rings (SSSR count). The van der Waals surface area contributed by atoms with Crippen LogP contribution in [0.1, 0.15) is 40.5 Å². The highest BCUT2D eigenvalue weighted by Gasteiger charge is 2.85. The molecule has 0 N–H and O–H groups in total. The fraction of sp³-hybridized carbons (Fsp3) is 0.737. The van der Waals surface area contributed by atoms with E-state index in [2.05, 4.69) is 6.92 Å². The van der Waals surface area contributed by atoms with Gasteiger partial charge in [0.05, 0.1) is 6.61 Å². The molecular formula is C19H24O7. The molecule has 7 heteroatoms. The Kier molecular flexibility index (Phi) is 3.66. The summed E-state index contributed by atoms with van der Waals surface area (Å²) in [6.45, 7) is 7.17. The zero-order chi connectivity index (χ0) is 18.9. The minimum absolute atomic E-state index is 0.00380.